The lowest BCUT2D eigenvalue weighted by molar-refractivity contribution is -0.129. The van der Waals surface area contributed by atoms with Gasteiger partial charge in [0.15, 0.2) is 0 Å². The van der Waals surface area contributed by atoms with Crippen molar-refractivity contribution < 1.29 is 9.53 Å². The van der Waals surface area contributed by atoms with Gasteiger partial charge in [-0.3, -0.25) is 4.79 Å². The zero-order valence-electron chi connectivity index (χ0n) is 11.9. The van der Waals surface area contributed by atoms with E-state index in [0.717, 1.165) is 65.0 Å². The largest absolute Gasteiger partial charge is 0.381 e. The molecule has 1 aliphatic rings. The number of hydrogen-bond acceptors (Lipinski definition) is 3. The Morgan fingerprint density at radius 2 is 1.94 bits per heavy atom. The van der Waals surface area contributed by atoms with Crippen LogP contribution in [0.25, 0.3) is 0 Å². The van der Waals surface area contributed by atoms with Crippen LogP contribution in [0.3, 0.4) is 0 Å². The summed E-state index contributed by atoms with van der Waals surface area (Å²) < 4.78 is 5.33. The molecule has 0 aliphatic carbocycles. The molecule has 0 aromatic rings. The molecule has 4 heteroatoms. The molecule has 0 bridgehead atoms. The molecule has 1 N–H and O–H groups in total. The molecule has 0 spiro atoms. The van der Waals surface area contributed by atoms with E-state index in [4.69, 9.17) is 4.74 Å². The minimum Gasteiger partial charge on any atom is -0.381 e. The summed E-state index contributed by atoms with van der Waals surface area (Å²) in [6, 6.07) is 0.611. The molecule has 4 nitrogen and oxygen atoms in total. The maximum atomic E-state index is 11.4. The zero-order chi connectivity index (χ0) is 13.2. The van der Waals surface area contributed by atoms with Crippen LogP contribution >= 0.6 is 0 Å². The highest BCUT2D eigenvalue weighted by molar-refractivity contribution is 5.73. The molecular formula is C14H28N2O2. The number of carbonyl (C=O) groups is 1. The predicted octanol–water partition coefficient (Wildman–Crippen LogP) is 1.79. The summed E-state index contributed by atoms with van der Waals surface area (Å²) >= 11 is 0. The van der Waals surface area contributed by atoms with Crippen LogP contribution in [0.4, 0.5) is 0 Å². The number of nitrogens with zero attached hydrogens (tertiary/aromatic N) is 1. The van der Waals surface area contributed by atoms with E-state index < -0.39 is 0 Å². The fraction of sp³-hybridized carbons (Fsp3) is 0.929. The van der Waals surface area contributed by atoms with Crippen molar-refractivity contribution in [3.63, 3.8) is 0 Å². The summed E-state index contributed by atoms with van der Waals surface area (Å²) in [7, 11) is 0. The minimum atomic E-state index is 0.203. The Morgan fingerprint density at radius 1 is 1.28 bits per heavy atom. The average molecular weight is 256 g/mol. The summed E-state index contributed by atoms with van der Waals surface area (Å²) in [6.45, 7) is 8.38. The van der Waals surface area contributed by atoms with E-state index in [1.165, 1.54) is 0 Å². The SMILES string of the molecule is CCCCN(CCCNC1CCOCC1)C(C)=O. The molecule has 1 amide bonds. The first-order valence-corrected chi connectivity index (χ1v) is 7.30. The number of hydrogen-bond donors (Lipinski definition) is 1. The van der Waals surface area contributed by atoms with E-state index in [9.17, 15) is 4.79 Å². The van der Waals surface area contributed by atoms with Crippen molar-refractivity contribution in [2.75, 3.05) is 32.8 Å². The lowest BCUT2D eigenvalue weighted by Gasteiger charge is -2.24. The van der Waals surface area contributed by atoms with Gasteiger partial charge in [-0.1, -0.05) is 13.3 Å². The van der Waals surface area contributed by atoms with Gasteiger partial charge in [-0.05, 0) is 32.2 Å². The maximum Gasteiger partial charge on any atom is 0.219 e. The second-order valence-electron chi connectivity index (χ2n) is 5.05. The second-order valence-corrected chi connectivity index (χ2v) is 5.05. The maximum absolute atomic E-state index is 11.4. The molecule has 1 heterocycles. The quantitative estimate of drug-likeness (QED) is 0.673. The third-order valence-corrected chi connectivity index (χ3v) is 3.49. The first-order valence-electron chi connectivity index (χ1n) is 7.30. The number of carbonyl (C=O) groups excluding carboxylic acids is 1. The fourth-order valence-corrected chi connectivity index (χ4v) is 2.25. The number of rotatable bonds is 8. The summed E-state index contributed by atoms with van der Waals surface area (Å²) in [6.07, 6.45) is 5.52. The highest BCUT2D eigenvalue weighted by Gasteiger charge is 2.13. The van der Waals surface area contributed by atoms with Crippen LogP contribution in [0.2, 0.25) is 0 Å². The van der Waals surface area contributed by atoms with Crippen LogP contribution in [0.15, 0.2) is 0 Å². The topological polar surface area (TPSA) is 41.6 Å². The Balaban J connectivity index is 2.08. The van der Waals surface area contributed by atoms with Gasteiger partial charge in [0.25, 0.3) is 0 Å². The predicted molar refractivity (Wildman–Crippen MR) is 73.6 cm³/mol. The summed E-state index contributed by atoms with van der Waals surface area (Å²) in [5.41, 5.74) is 0. The van der Waals surface area contributed by atoms with Gasteiger partial charge in [-0.15, -0.1) is 0 Å². The summed E-state index contributed by atoms with van der Waals surface area (Å²) in [4.78, 5) is 13.4. The number of ether oxygens (including phenoxy) is 1. The van der Waals surface area contributed by atoms with Crippen LogP contribution in [-0.4, -0.2) is 49.7 Å². The molecule has 1 fully saturated rings. The van der Waals surface area contributed by atoms with E-state index >= 15 is 0 Å². The minimum absolute atomic E-state index is 0.203. The Morgan fingerprint density at radius 3 is 2.56 bits per heavy atom. The van der Waals surface area contributed by atoms with Crippen molar-refractivity contribution in [1.29, 1.82) is 0 Å². The highest BCUT2D eigenvalue weighted by Crippen LogP contribution is 2.06. The fourth-order valence-electron chi connectivity index (χ4n) is 2.25. The van der Waals surface area contributed by atoms with E-state index in [1.54, 1.807) is 6.92 Å². The highest BCUT2D eigenvalue weighted by atomic mass is 16.5. The van der Waals surface area contributed by atoms with Gasteiger partial charge in [-0.25, -0.2) is 0 Å². The molecule has 0 aromatic heterocycles. The van der Waals surface area contributed by atoms with E-state index in [0.29, 0.717) is 6.04 Å². The van der Waals surface area contributed by atoms with Crippen LogP contribution in [0, 0.1) is 0 Å². The standard InChI is InChI=1S/C14H28N2O2/c1-3-4-9-16(13(2)17)10-5-8-15-14-6-11-18-12-7-14/h14-15H,3-12H2,1-2H3. The van der Waals surface area contributed by atoms with Gasteiger partial charge in [0.2, 0.25) is 5.91 Å². The number of unbranched alkanes of at least 4 members (excludes halogenated alkanes) is 1. The molecule has 0 aromatic carbocycles. The smallest absolute Gasteiger partial charge is 0.219 e. The molecule has 1 rings (SSSR count). The van der Waals surface area contributed by atoms with Crippen LogP contribution in [-0.2, 0) is 9.53 Å². The number of amides is 1. The van der Waals surface area contributed by atoms with Crippen LogP contribution in [0.1, 0.15) is 46.0 Å². The van der Waals surface area contributed by atoms with Crippen molar-refractivity contribution >= 4 is 5.91 Å². The van der Waals surface area contributed by atoms with Gasteiger partial charge in [-0.2, -0.15) is 0 Å². The zero-order valence-corrected chi connectivity index (χ0v) is 11.9. The molecule has 106 valence electrons. The average Bonchev–Trinajstić information content (AvgIpc) is 2.38. The summed E-state index contributed by atoms with van der Waals surface area (Å²) in [5, 5.41) is 3.55. The van der Waals surface area contributed by atoms with Gasteiger partial charge < -0.3 is 15.0 Å². The Kier molecular flexibility index (Phi) is 8.01. The molecular weight excluding hydrogens is 228 g/mol. The molecule has 0 radical (unpaired) electrons. The molecule has 0 saturated carbocycles. The third-order valence-electron chi connectivity index (χ3n) is 3.49. The lowest BCUT2D eigenvalue weighted by Crippen LogP contribution is -2.37. The Bertz CT molecular complexity index is 228. The van der Waals surface area contributed by atoms with E-state index in [1.807, 2.05) is 4.90 Å². The van der Waals surface area contributed by atoms with Crippen LogP contribution < -0.4 is 5.32 Å². The summed E-state index contributed by atoms with van der Waals surface area (Å²) in [5.74, 6) is 0.203. The number of nitrogens with one attached hydrogen (secondary N) is 1. The molecule has 1 aliphatic heterocycles. The van der Waals surface area contributed by atoms with Gasteiger partial charge in [0.05, 0.1) is 0 Å². The van der Waals surface area contributed by atoms with Gasteiger partial charge in [0.1, 0.15) is 0 Å². The van der Waals surface area contributed by atoms with Gasteiger partial charge >= 0.3 is 0 Å². The molecule has 0 unspecified atom stereocenters. The second kappa shape index (κ2) is 9.34. The molecule has 0 atom stereocenters. The third kappa shape index (κ3) is 6.36. The van der Waals surface area contributed by atoms with Gasteiger partial charge in [0, 0.05) is 39.3 Å². The Hall–Kier alpha value is -0.610. The van der Waals surface area contributed by atoms with E-state index in [2.05, 4.69) is 12.2 Å². The van der Waals surface area contributed by atoms with Crippen molar-refractivity contribution in [2.24, 2.45) is 0 Å². The van der Waals surface area contributed by atoms with Crippen molar-refractivity contribution in [1.82, 2.24) is 10.2 Å². The lowest BCUT2D eigenvalue weighted by atomic mass is 10.1. The van der Waals surface area contributed by atoms with Crippen molar-refractivity contribution in [3.8, 4) is 0 Å². The monoisotopic (exact) mass is 256 g/mol. The first-order chi connectivity index (χ1) is 8.74. The van der Waals surface area contributed by atoms with Crippen molar-refractivity contribution in [2.45, 2.75) is 52.0 Å². The van der Waals surface area contributed by atoms with Crippen molar-refractivity contribution in [3.05, 3.63) is 0 Å². The molecule has 18 heavy (non-hydrogen) atoms. The normalized spacial score (nSPS) is 16.8. The van der Waals surface area contributed by atoms with E-state index in [-0.39, 0.29) is 5.91 Å². The molecule has 1 saturated heterocycles. The van der Waals surface area contributed by atoms with Crippen LogP contribution in [0.5, 0.6) is 0 Å². The Labute approximate surface area is 111 Å². The first kappa shape index (κ1) is 15.4.